The number of rotatable bonds is 2. The van der Waals surface area contributed by atoms with Gasteiger partial charge >= 0.3 is 0 Å². The molecular weight excluding hydrogens is 292 g/mol. The molecule has 5 heteroatoms. The highest BCUT2D eigenvalue weighted by molar-refractivity contribution is 9.10. The lowest BCUT2D eigenvalue weighted by Gasteiger charge is -2.17. The van der Waals surface area contributed by atoms with Crippen molar-refractivity contribution < 1.29 is 0 Å². The zero-order valence-electron chi connectivity index (χ0n) is 9.91. The summed E-state index contributed by atoms with van der Waals surface area (Å²) in [5, 5.41) is 7.94. The Kier molecular flexibility index (Phi) is 3.09. The largest absolute Gasteiger partial charge is 0.396 e. The summed E-state index contributed by atoms with van der Waals surface area (Å²) in [5.41, 5.74) is 8.71. The van der Waals surface area contributed by atoms with Crippen LogP contribution in [0.15, 0.2) is 28.9 Å². The average Bonchev–Trinajstić information content (AvgIpc) is 2.86. The summed E-state index contributed by atoms with van der Waals surface area (Å²) in [4.78, 5) is 4.36. The molecule has 18 heavy (non-hydrogen) atoms. The van der Waals surface area contributed by atoms with E-state index in [0.29, 0.717) is 11.7 Å². The van der Waals surface area contributed by atoms with Gasteiger partial charge in [0.1, 0.15) is 0 Å². The average molecular weight is 307 g/mol. The summed E-state index contributed by atoms with van der Waals surface area (Å²) < 4.78 is 1.04. The van der Waals surface area contributed by atoms with Gasteiger partial charge in [-0.05, 0) is 31.2 Å². The molecule has 0 amide bonds. The van der Waals surface area contributed by atoms with Crippen molar-refractivity contribution in [1.82, 2.24) is 10.3 Å². The fourth-order valence-corrected chi connectivity index (χ4v) is 2.68. The van der Waals surface area contributed by atoms with E-state index in [4.69, 9.17) is 5.73 Å². The third-order valence-corrected chi connectivity index (χ3v) is 3.76. The van der Waals surface area contributed by atoms with Crippen LogP contribution >= 0.6 is 15.9 Å². The van der Waals surface area contributed by atoms with Crippen LogP contribution in [0.4, 0.5) is 11.4 Å². The summed E-state index contributed by atoms with van der Waals surface area (Å²) in [6.07, 6.45) is 2.85. The molecule has 94 valence electrons. The fourth-order valence-electron chi connectivity index (χ4n) is 2.32. The molecule has 0 unspecified atom stereocenters. The van der Waals surface area contributed by atoms with Gasteiger partial charge in [-0.3, -0.25) is 4.98 Å². The zero-order chi connectivity index (χ0) is 12.5. The number of benzene rings is 1. The first-order valence-corrected chi connectivity index (χ1v) is 6.84. The Morgan fingerprint density at radius 1 is 1.44 bits per heavy atom. The van der Waals surface area contributed by atoms with E-state index in [1.165, 1.54) is 0 Å². The molecular formula is C13H15BrN4. The van der Waals surface area contributed by atoms with Crippen LogP contribution in [0, 0.1) is 0 Å². The van der Waals surface area contributed by atoms with E-state index < -0.39 is 0 Å². The number of nitrogens with zero attached hydrogens (tertiary/aromatic N) is 1. The number of anilines is 2. The van der Waals surface area contributed by atoms with E-state index in [0.717, 1.165) is 40.6 Å². The van der Waals surface area contributed by atoms with Crippen LogP contribution in [0.25, 0.3) is 10.9 Å². The maximum atomic E-state index is 6.05. The Balaban J connectivity index is 2.07. The van der Waals surface area contributed by atoms with Crippen LogP contribution in [0.2, 0.25) is 0 Å². The van der Waals surface area contributed by atoms with Gasteiger partial charge in [0, 0.05) is 22.4 Å². The number of nitrogens with one attached hydrogen (secondary N) is 2. The summed E-state index contributed by atoms with van der Waals surface area (Å²) in [6, 6.07) is 6.49. The zero-order valence-corrected chi connectivity index (χ0v) is 11.5. The Labute approximate surface area is 114 Å². The first kappa shape index (κ1) is 11.7. The Morgan fingerprint density at radius 3 is 3.11 bits per heavy atom. The predicted octanol–water partition coefficient (Wildman–Crippen LogP) is 2.35. The summed E-state index contributed by atoms with van der Waals surface area (Å²) >= 11 is 3.50. The van der Waals surface area contributed by atoms with Crippen molar-refractivity contribution in [3.63, 3.8) is 0 Å². The van der Waals surface area contributed by atoms with Gasteiger partial charge in [-0.1, -0.05) is 15.9 Å². The van der Waals surface area contributed by atoms with E-state index >= 15 is 0 Å². The molecule has 1 saturated heterocycles. The van der Waals surface area contributed by atoms with E-state index in [2.05, 4.69) is 37.6 Å². The number of aromatic nitrogens is 1. The monoisotopic (exact) mass is 306 g/mol. The van der Waals surface area contributed by atoms with Crippen molar-refractivity contribution in [1.29, 1.82) is 0 Å². The molecule has 0 spiro atoms. The van der Waals surface area contributed by atoms with Gasteiger partial charge in [-0.2, -0.15) is 0 Å². The second kappa shape index (κ2) is 4.74. The highest BCUT2D eigenvalue weighted by atomic mass is 79.9. The molecule has 1 aliphatic heterocycles. The van der Waals surface area contributed by atoms with Crippen LogP contribution in [0.3, 0.4) is 0 Å². The molecule has 1 aromatic heterocycles. The third-order valence-electron chi connectivity index (χ3n) is 3.27. The number of pyridine rings is 1. The topological polar surface area (TPSA) is 63.0 Å². The molecule has 1 aromatic carbocycles. The van der Waals surface area contributed by atoms with Gasteiger partial charge in [-0.25, -0.2) is 0 Å². The van der Waals surface area contributed by atoms with Gasteiger partial charge < -0.3 is 16.4 Å². The normalized spacial score (nSPS) is 19.3. The molecule has 0 saturated carbocycles. The van der Waals surface area contributed by atoms with Gasteiger partial charge in [0.15, 0.2) is 0 Å². The number of halogens is 1. The third kappa shape index (κ3) is 2.15. The van der Waals surface area contributed by atoms with Crippen molar-refractivity contribution in [2.24, 2.45) is 0 Å². The summed E-state index contributed by atoms with van der Waals surface area (Å²) in [7, 11) is 0. The molecule has 0 aliphatic carbocycles. The molecule has 2 heterocycles. The predicted molar refractivity (Wildman–Crippen MR) is 78.8 cm³/mol. The van der Waals surface area contributed by atoms with Gasteiger partial charge in [0.2, 0.25) is 0 Å². The van der Waals surface area contributed by atoms with E-state index in [9.17, 15) is 0 Å². The van der Waals surface area contributed by atoms with Crippen molar-refractivity contribution in [2.45, 2.75) is 12.5 Å². The summed E-state index contributed by atoms with van der Waals surface area (Å²) in [6.45, 7) is 2.04. The number of fused-ring (bicyclic) bond motifs is 1. The molecule has 0 radical (unpaired) electrons. The van der Waals surface area contributed by atoms with Crippen LogP contribution in [0.5, 0.6) is 0 Å². The summed E-state index contributed by atoms with van der Waals surface area (Å²) in [5.74, 6) is 0. The quantitative estimate of drug-likeness (QED) is 0.797. The fraction of sp³-hybridized carbons (Fsp3) is 0.308. The smallest absolute Gasteiger partial charge is 0.0743 e. The van der Waals surface area contributed by atoms with Gasteiger partial charge in [0.25, 0.3) is 0 Å². The molecule has 2 aromatic rings. The molecule has 1 aliphatic rings. The van der Waals surface area contributed by atoms with Crippen LogP contribution in [0.1, 0.15) is 6.42 Å². The molecule has 1 atom stereocenters. The van der Waals surface area contributed by atoms with Crippen molar-refractivity contribution in [3.8, 4) is 0 Å². The first-order valence-electron chi connectivity index (χ1n) is 6.05. The van der Waals surface area contributed by atoms with Crippen LogP contribution in [-0.4, -0.2) is 24.1 Å². The van der Waals surface area contributed by atoms with E-state index in [-0.39, 0.29) is 0 Å². The maximum Gasteiger partial charge on any atom is 0.0743 e. The number of hydrogen-bond donors (Lipinski definition) is 3. The highest BCUT2D eigenvalue weighted by Crippen LogP contribution is 2.31. The lowest BCUT2D eigenvalue weighted by atomic mass is 10.1. The molecule has 3 rings (SSSR count). The molecule has 0 bridgehead atoms. The van der Waals surface area contributed by atoms with Crippen LogP contribution < -0.4 is 16.4 Å². The minimum absolute atomic E-state index is 0.442. The second-order valence-electron chi connectivity index (χ2n) is 4.58. The lowest BCUT2D eigenvalue weighted by molar-refractivity contribution is 0.795. The minimum atomic E-state index is 0.442. The number of nitrogens with two attached hydrogens (primary N) is 1. The Morgan fingerprint density at radius 2 is 2.33 bits per heavy atom. The second-order valence-corrected chi connectivity index (χ2v) is 5.50. The van der Waals surface area contributed by atoms with Crippen molar-refractivity contribution in [2.75, 3.05) is 24.1 Å². The Hall–Kier alpha value is -1.33. The van der Waals surface area contributed by atoms with E-state index in [1.54, 1.807) is 6.20 Å². The SMILES string of the molecule is Nc1cnc2ccc(Br)cc2c1N[C@H]1CCNC1. The molecule has 4 N–H and O–H groups in total. The molecule has 1 fully saturated rings. The van der Waals surface area contributed by atoms with Crippen LogP contribution in [-0.2, 0) is 0 Å². The standard InChI is InChI=1S/C13H15BrN4/c14-8-1-2-12-10(5-8)13(11(15)7-17-12)18-9-3-4-16-6-9/h1-2,5,7,9,16H,3-4,6,15H2,(H,17,18)/t9-/m0/s1. The maximum absolute atomic E-state index is 6.05. The number of hydrogen-bond acceptors (Lipinski definition) is 4. The number of nitrogen functional groups attached to an aromatic ring is 1. The first-order chi connectivity index (χ1) is 8.74. The Bertz CT molecular complexity index is 573. The minimum Gasteiger partial charge on any atom is -0.396 e. The van der Waals surface area contributed by atoms with E-state index in [1.807, 2.05) is 12.1 Å². The van der Waals surface area contributed by atoms with Crippen molar-refractivity contribution >= 4 is 38.2 Å². The van der Waals surface area contributed by atoms with Gasteiger partial charge in [-0.15, -0.1) is 0 Å². The molecule has 4 nitrogen and oxygen atoms in total. The van der Waals surface area contributed by atoms with Gasteiger partial charge in [0.05, 0.1) is 23.1 Å². The highest BCUT2D eigenvalue weighted by Gasteiger charge is 2.16. The lowest BCUT2D eigenvalue weighted by Crippen LogP contribution is -2.22. The van der Waals surface area contributed by atoms with Crippen molar-refractivity contribution in [3.05, 3.63) is 28.9 Å².